The molecule has 0 unspecified atom stereocenters. The number of anilines is 1. The SMILES string of the molecule is Nc1cc(C(=O)NCC(F)F)c(F)cc1F. The molecule has 0 heterocycles. The van der Waals surface area contributed by atoms with Gasteiger partial charge in [0.2, 0.25) is 0 Å². The Morgan fingerprint density at radius 3 is 2.50 bits per heavy atom. The number of nitrogens with one attached hydrogen (secondary N) is 1. The number of nitrogen functional groups attached to an aromatic ring is 1. The second-order valence-electron chi connectivity index (χ2n) is 2.95. The lowest BCUT2D eigenvalue weighted by molar-refractivity contribution is 0.0887. The van der Waals surface area contributed by atoms with Crippen LogP contribution in [-0.2, 0) is 0 Å². The zero-order valence-corrected chi connectivity index (χ0v) is 7.94. The van der Waals surface area contributed by atoms with E-state index in [0.717, 1.165) is 6.07 Å². The Hall–Kier alpha value is -1.79. The first-order valence-electron chi connectivity index (χ1n) is 4.22. The summed E-state index contributed by atoms with van der Waals surface area (Å²) in [7, 11) is 0. The van der Waals surface area contributed by atoms with E-state index >= 15 is 0 Å². The van der Waals surface area contributed by atoms with E-state index < -0.39 is 41.8 Å². The molecule has 0 aliphatic heterocycles. The van der Waals surface area contributed by atoms with Crippen LogP contribution in [0.15, 0.2) is 12.1 Å². The van der Waals surface area contributed by atoms with Crippen molar-refractivity contribution in [3.63, 3.8) is 0 Å². The molecule has 0 aromatic heterocycles. The summed E-state index contributed by atoms with van der Waals surface area (Å²) in [5.74, 6) is -3.23. The Morgan fingerprint density at radius 2 is 1.94 bits per heavy atom. The minimum Gasteiger partial charge on any atom is -0.396 e. The lowest BCUT2D eigenvalue weighted by Crippen LogP contribution is -2.29. The van der Waals surface area contributed by atoms with Crippen molar-refractivity contribution in [2.24, 2.45) is 0 Å². The van der Waals surface area contributed by atoms with E-state index in [1.165, 1.54) is 0 Å². The van der Waals surface area contributed by atoms with Crippen molar-refractivity contribution in [1.82, 2.24) is 5.32 Å². The molecule has 0 saturated carbocycles. The zero-order valence-electron chi connectivity index (χ0n) is 7.94. The van der Waals surface area contributed by atoms with Crippen LogP contribution in [0.25, 0.3) is 0 Å². The van der Waals surface area contributed by atoms with Crippen LogP contribution in [0.2, 0.25) is 0 Å². The summed E-state index contributed by atoms with van der Waals surface area (Å²) < 4.78 is 49.3. The average molecular weight is 236 g/mol. The van der Waals surface area contributed by atoms with Gasteiger partial charge in [0.25, 0.3) is 12.3 Å². The zero-order chi connectivity index (χ0) is 12.3. The number of carbonyl (C=O) groups is 1. The maximum absolute atomic E-state index is 13.1. The highest BCUT2D eigenvalue weighted by Crippen LogP contribution is 2.16. The molecule has 0 bridgehead atoms. The Labute approximate surface area is 88.2 Å². The standard InChI is InChI=1S/C9H8F4N2O/c10-5-2-6(11)7(14)1-4(5)9(16)15-3-8(12)13/h1-2,8H,3,14H2,(H,15,16). The number of benzene rings is 1. The van der Waals surface area contributed by atoms with Crippen molar-refractivity contribution in [3.05, 3.63) is 29.3 Å². The molecule has 0 radical (unpaired) electrons. The largest absolute Gasteiger partial charge is 0.396 e. The Bertz CT molecular complexity index is 409. The predicted octanol–water partition coefficient (Wildman–Crippen LogP) is 1.54. The van der Waals surface area contributed by atoms with Gasteiger partial charge >= 0.3 is 0 Å². The van der Waals surface area contributed by atoms with Crippen molar-refractivity contribution in [2.45, 2.75) is 6.43 Å². The van der Waals surface area contributed by atoms with Crippen LogP contribution < -0.4 is 11.1 Å². The molecule has 0 atom stereocenters. The number of carbonyl (C=O) groups excluding carboxylic acids is 1. The number of alkyl halides is 2. The third kappa shape index (κ3) is 2.85. The molecule has 0 fully saturated rings. The number of hydrogen-bond acceptors (Lipinski definition) is 2. The highest BCUT2D eigenvalue weighted by molar-refractivity contribution is 5.95. The molecule has 3 nitrogen and oxygen atoms in total. The Kier molecular flexibility index (Phi) is 3.70. The van der Waals surface area contributed by atoms with E-state index in [1.54, 1.807) is 5.32 Å². The number of hydrogen-bond donors (Lipinski definition) is 2. The summed E-state index contributed by atoms with van der Waals surface area (Å²) in [6, 6.07) is 1.18. The maximum Gasteiger partial charge on any atom is 0.255 e. The summed E-state index contributed by atoms with van der Waals surface area (Å²) in [5, 5.41) is 1.78. The molecule has 7 heteroatoms. The van der Waals surface area contributed by atoms with Crippen LogP contribution in [0.1, 0.15) is 10.4 Å². The molecule has 88 valence electrons. The summed E-state index contributed by atoms with van der Waals surface area (Å²) in [4.78, 5) is 11.2. The van der Waals surface area contributed by atoms with E-state index in [9.17, 15) is 22.4 Å². The van der Waals surface area contributed by atoms with E-state index in [-0.39, 0.29) is 0 Å². The Balaban J connectivity index is 2.87. The normalized spacial score (nSPS) is 10.6. The van der Waals surface area contributed by atoms with E-state index in [0.29, 0.717) is 6.07 Å². The summed E-state index contributed by atoms with van der Waals surface area (Å²) in [5.41, 5.74) is 4.12. The quantitative estimate of drug-likeness (QED) is 0.617. The summed E-state index contributed by atoms with van der Waals surface area (Å²) in [6.45, 7) is -0.907. The van der Waals surface area contributed by atoms with Crippen molar-refractivity contribution < 1.29 is 22.4 Å². The van der Waals surface area contributed by atoms with Crippen molar-refractivity contribution in [1.29, 1.82) is 0 Å². The average Bonchev–Trinajstić information content (AvgIpc) is 2.20. The van der Waals surface area contributed by atoms with Gasteiger partial charge in [-0.15, -0.1) is 0 Å². The van der Waals surface area contributed by atoms with Gasteiger partial charge in [-0.2, -0.15) is 0 Å². The molecule has 0 aliphatic rings. The molecule has 16 heavy (non-hydrogen) atoms. The molecule has 0 spiro atoms. The topological polar surface area (TPSA) is 55.1 Å². The third-order valence-electron chi connectivity index (χ3n) is 1.75. The molecular formula is C9H8F4N2O. The van der Waals surface area contributed by atoms with Gasteiger partial charge in [0.05, 0.1) is 17.8 Å². The third-order valence-corrected chi connectivity index (χ3v) is 1.75. The maximum atomic E-state index is 13.1. The molecule has 1 aromatic rings. The number of nitrogens with two attached hydrogens (primary N) is 1. The first kappa shape index (κ1) is 12.3. The van der Waals surface area contributed by atoms with Crippen LogP contribution >= 0.6 is 0 Å². The molecule has 1 rings (SSSR count). The minimum absolute atomic E-state index is 0.423. The van der Waals surface area contributed by atoms with Gasteiger partial charge < -0.3 is 11.1 Å². The molecule has 1 aromatic carbocycles. The van der Waals surface area contributed by atoms with Gasteiger partial charge in [0.1, 0.15) is 11.6 Å². The number of amides is 1. The van der Waals surface area contributed by atoms with Crippen LogP contribution in [0.4, 0.5) is 23.2 Å². The van der Waals surface area contributed by atoms with Crippen LogP contribution in [-0.4, -0.2) is 18.9 Å². The second kappa shape index (κ2) is 4.82. The summed E-state index contributed by atoms with van der Waals surface area (Å²) >= 11 is 0. The molecule has 1 amide bonds. The van der Waals surface area contributed by atoms with E-state index in [1.807, 2.05) is 0 Å². The molecule has 0 aliphatic carbocycles. The second-order valence-corrected chi connectivity index (χ2v) is 2.95. The fourth-order valence-electron chi connectivity index (χ4n) is 1.00. The molecule has 0 saturated heterocycles. The fraction of sp³-hybridized carbons (Fsp3) is 0.222. The highest BCUT2D eigenvalue weighted by atomic mass is 19.3. The number of halogens is 4. The molecule has 3 N–H and O–H groups in total. The number of rotatable bonds is 3. The van der Waals surface area contributed by atoms with Crippen LogP contribution in [0, 0.1) is 11.6 Å². The van der Waals surface area contributed by atoms with Crippen molar-refractivity contribution in [2.75, 3.05) is 12.3 Å². The monoisotopic (exact) mass is 236 g/mol. The highest BCUT2D eigenvalue weighted by Gasteiger charge is 2.15. The van der Waals surface area contributed by atoms with Gasteiger partial charge in [0, 0.05) is 6.07 Å². The van der Waals surface area contributed by atoms with Gasteiger partial charge in [-0.3, -0.25) is 4.79 Å². The smallest absolute Gasteiger partial charge is 0.255 e. The minimum atomic E-state index is -2.75. The van der Waals surface area contributed by atoms with Gasteiger partial charge in [-0.1, -0.05) is 0 Å². The van der Waals surface area contributed by atoms with Crippen LogP contribution in [0.5, 0.6) is 0 Å². The Morgan fingerprint density at radius 1 is 1.31 bits per heavy atom. The first-order chi connectivity index (χ1) is 7.41. The van der Waals surface area contributed by atoms with E-state index in [4.69, 9.17) is 5.73 Å². The first-order valence-corrected chi connectivity index (χ1v) is 4.22. The van der Waals surface area contributed by atoms with Crippen LogP contribution in [0.3, 0.4) is 0 Å². The van der Waals surface area contributed by atoms with E-state index in [2.05, 4.69) is 0 Å². The van der Waals surface area contributed by atoms with Gasteiger partial charge in [0.15, 0.2) is 0 Å². The van der Waals surface area contributed by atoms with Crippen molar-refractivity contribution in [3.8, 4) is 0 Å². The lowest BCUT2D eigenvalue weighted by Gasteiger charge is -2.06. The summed E-state index contributed by atoms with van der Waals surface area (Å²) in [6.07, 6.45) is -2.75. The molecular weight excluding hydrogens is 228 g/mol. The van der Waals surface area contributed by atoms with Crippen molar-refractivity contribution >= 4 is 11.6 Å². The van der Waals surface area contributed by atoms with Gasteiger partial charge in [-0.05, 0) is 6.07 Å². The lowest BCUT2D eigenvalue weighted by atomic mass is 10.1. The van der Waals surface area contributed by atoms with Gasteiger partial charge in [-0.25, -0.2) is 17.6 Å². The fourth-order valence-corrected chi connectivity index (χ4v) is 1.00. The predicted molar refractivity (Wildman–Crippen MR) is 49.1 cm³/mol.